The predicted octanol–water partition coefficient (Wildman–Crippen LogP) is 2.61. The van der Waals surface area contributed by atoms with Gasteiger partial charge in [0.25, 0.3) is 0 Å². The molecule has 0 unspecified atom stereocenters. The number of rotatable bonds is 5. The zero-order valence-electron chi connectivity index (χ0n) is 10.9. The van der Waals surface area contributed by atoms with Crippen LogP contribution in [0.3, 0.4) is 0 Å². The molecular formula is C13H19ClN4. The van der Waals surface area contributed by atoms with Gasteiger partial charge in [0.1, 0.15) is 0 Å². The van der Waals surface area contributed by atoms with Gasteiger partial charge in [0, 0.05) is 17.6 Å². The van der Waals surface area contributed by atoms with Gasteiger partial charge in [-0.2, -0.15) is 5.10 Å². The number of anilines is 1. The molecule has 2 N–H and O–H groups in total. The van der Waals surface area contributed by atoms with E-state index in [0.29, 0.717) is 10.7 Å². The molecule has 0 atom stereocenters. The molecule has 0 fully saturated rings. The van der Waals surface area contributed by atoms with E-state index >= 15 is 0 Å². The van der Waals surface area contributed by atoms with Crippen LogP contribution in [0.2, 0.25) is 5.02 Å². The third-order valence-corrected chi connectivity index (χ3v) is 3.52. The summed E-state index contributed by atoms with van der Waals surface area (Å²) in [4.78, 5) is 2.36. The van der Waals surface area contributed by atoms with E-state index in [1.807, 2.05) is 16.9 Å². The van der Waals surface area contributed by atoms with Gasteiger partial charge in [-0.05, 0) is 25.2 Å². The Morgan fingerprint density at radius 2 is 2.06 bits per heavy atom. The molecule has 0 aliphatic heterocycles. The van der Waals surface area contributed by atoms with E-state index in [4.69, 9.17) is 17.3 Å². The zero-order valence-corrected chi connectivity index (χ0v) is 11.6. The van der Waals surface area contributed by atoms with Crippen molar-refractivity contribution in [3.05, 3.63) is 23.4 Å². The summed E-state index contributed by atoms with van der Waals surface area (Å²) < 4.78 is 1.95. The van der Waals surface area contributed by atoms with E-state index in [0.717, 1.165) is 37.1 Å². The van der Waals surface area contributed by atoms with Crippen LogP contribution in [0.4, 0.5) is 5.69 Å². The lowest BCUT2D eigenvalue weighted by Crippen LogP contribution is -2.27. The maximum absolute atomic E-state index is 6.24. The number of nitrogens with zero attached hydrogens (tertiary/aromatic N) is 3. The maximum Gasteiger partial charge on any atom is 0.0870 e. The number of hydrogen-bond acceptors (Lipinski definition) is 3. The monoisotopic (exact) mass is 266 g/mol. The molecule has 1 heterocycles. The third-order valence-electron chi connectivity index (χ3n) is 3.23. The molecule has 0 saturated heterocycles. The molecule has 98 valence electrons. The fourth-order valence-corrected chi connectivity index (χ4v) is 2.48. The number of halogens is 1. The lowest BCUT2D eigenvalue weighted by atomic mass is 10.2. The molecular weight excluding hydrogens is 248 g/mol. The van der Waals surface area contributed by atoms with Crippen LogP contribution in [0.25, 0.3) is 10.9 Å². The van der Waals surface area contributed by atoms with Crippen LogP contribution < -0.4 is 5.73 Å². The zero-order chi connectivity index (χ0) is 13.1. The summed E-state index contributed by atoms with van der Waals surface area (Å²) in [5.41, 5.74) is 7.42. The molecule has 0 aliphatic rings. The van der Waals surface area contributed by atoms with Gasteiger partial charge in [-0.1, -0.05) is 25.4 Å². The van der Waals surface area contributed by atoms with Gasteiger partial charge in [0.05, 0.1) is 23.3 Å². The summed E-state index contributed by atoms with van der Waals surface area (Å²) in [6.07, 6.45) is 1.82. The van der Waals surface area contributed by atoms with Gasteiger partial charge >= 0.3 is 0 Å². The van der Waals surface area contributed by atoms with Gasteiger partial charge in [0.15, 0.2) is 0 Å². The van der Waals surface area contributed by atoms with Crippen molar-refractivity contribution < 1.29 is 0 Å². The van der Waals surface area contributed by atoms with E-state index in [-0.39, 0.29) is 0 Å². The van der Waals surface area contributed by atoms with Gasteiger partial charge in [-0.3, -0.25) is 4.68 Å². The highest BCUT2D eigenvalue weighted by atomic mass is 35.5. The molecule has 0 amide bonds. The number of nitrogen functional groups attached to an aromatic ring is 1. The van der Waals surface area contributed by atoms with E-state index in [1.54, 1.807) is 6.07 Å². The molecule has 2 aromatic rings. The fraction of sp³-hybridized carbons (Fsp3) is 0.462. The molecule has 5 heteroatoms. The van der Waals surface area contributed by atoms with Gasteiger partial charge in [-0.25, -0.2) is 0 Å². The first kappa shape index (κ1) is 13.2. The Morgan fingerprint density at radius 1 is 1.33 bits per heavy atom. The molecule has 4 nitrogen and oxygen atoms in total. The van der Waals surface area contributed by atoms with Crippen molar-refractivity contribution in [3.63, 3.8) is 0 Å². The first-order chi connectivity index (χ1) is 8.65. The number of aromatic nitrogens is 2. The summed E-state index contributed by atoms with van der Waals surface area (Å²) in [5, 5.41) is 6.06. The minimum atomic E-state index is 0.669. The van der Waals surface area contributed by atoms with Crippen LogP contribution in [-0.4, -0.2) is 34.3 Å². The predicted molar refractivity (Wildman–Crippen MR) is 76.9 cm³/mol. The van der Waals surface area contributed by atoms with E-state index in [2.05, 4.69) is 23.8 Å². The van der Waals surface area contributed by atoms with Crippen LogP contribution in [0.5, 0.6) is 0 Å². The second-order valence-electron chi connectivity index (χ2n) is 4.34. The average Bonchev–Trinajstić information content (AvgIpc) is 2.73. The molecule has 0 radical (unpaired) electrons. The SMILES string of the molecule is CCN(CC)CCn1ncc2cc(N)cc(Cl)c21. The van der Waals surface area contributed by atoms with Crippen molar-refractivity contribution >= 4 is 28.2 Å². The topological polar surface area (TPSA) is 47.1 Å². The minimum Gasteiger partial charge on any atom is -0.399 e. The molecule has 0 saturated carbocycles. The summed E-state index contributed by atoms with van der Waals surface area (Å²) >= 11 is 6.24. The number of nitrogens with two attached hydrogens (primary N) is 1. The first-order valence-electron chi connectivity index (χ1n) is 6.28. The van der Waals surface area contributed by atoms with Crippen LogP contribution in [0.15, 0.2) is 18.3 Å². The lowest BCUT2D eigenvalue weighted by molar-refractivity contribution is 0.287. The van der Waals surface area contributed by atoms with Crippen molar-refractivity contribution in [2.45, 2.75) is 20.4 Å². The Morgan fingerprint density at radius 3 is 2.72 bits per heavy atom. The molecule has 2 rings (SSSR count). The Bertz CT molecular complexity index is 531. The van der Waals surface area contributed by atoms with Crippen molar-refractivity contribution in [2.75, 3.05) is 25.4 Å². The summed E-state index contributed by atoms with van der Waals surface area (Å²) in [7, 11) is 0. The Kier molecular flexibility index (Phi) is 4.09. The number of hydrogen-bond donors (Lipinski definition) is 1. The van der Waals surface area contributed by atoms with E-state index in [1.165, 1.54) is 0 Å². The lowest BCUT2D eigenvalue weighted by Gasteiger charge is -2.18. The third kappa shape index (κ3) is 2.60. The van der Waals surface area contributed by atoms with Crippen molar-refractivity contribution in [1.29, 1.82) is 0 Å². The summed E-state index contributed by atoms with van der Waals surface area (Å²) in [5.74, 6) is 0. The molecule has 0 spiro atoms. The Hall–Kier alpha value is -1.26. The quantitative estimate of drug-likeness (QED) is 0.847. The Balaban J connectivity index is 2.24. The standard InChI is InChI=1S/C13H19ClN4/c1-3-17(4-2)5-6-18-13-10(9-16-18)7-11(15)8-12(13)14/h7-9H,3-6,15H2,1-2H3. The fourth-order valence-electron chi connectivity index (χ4n) is 2.15. The van der Waals surface area contributed by atoms with Gasteiger partial charge < -0.3 is 10.6 Å². The largest absolute Gasteiger partial charge is 0.399 e. The van der Waals surface area contributed by atoms with Crippen LogP contribution >= 0.6 is 11.6 Å². The smallest absolute Gasteiger partial charge is 0.0870 e. The van der Waals surface area contributed by atoms with Crippen LogP contribution in [-0.2, 0) is 6.54 Å². The van der Waals surface area contributed by atoms with E-state index < -0.39 is 0 Å². The molecule has 18 heavy (non-hydrogen) atoms. The van der Waals surface area contributed by atoms with Crippen molar-refractivity contribution in [2.24, 2.45) is 0 Å². The molecule has 1 aromatic carbocycles. The highest BCUT2D eigenvalue weighted by Crippen LogP contribution is 2.26. The van der Waals surface area contributed by atoms with Crippen LogP contribution in [0.1, 0.15) is 13.8 Å². The highest BCUT2D eigenvalue weighted by Gasteiger charge is 2.09. The second kappa shape index (κ2) is 5.59. The first-order valence-corrected chi connectivity index (χ1v) is 6.66. The van der Waals surface area contributed by atoms with Gasteiger partial charge in [-0.15, -0.1) is 0 Å². The maximum atomic E-state index is 6.24. The molecule has 0 aliphatic carbocycles. The highest BCUT2D eigenvalue weighted by molar-refractivity contribution is 6.35. The number of fused-ring (bicyclic) bond motifs is 1. The minimum absolute atomic E-state index is 0.669. The van der Waals surface area contributed by atoms with Crippen molar-refractivity contribution in [1.82, 2.24) is 14.7 Å². The molecule has 1 aromatic heterocycles. The summed E-state index contributed by atoms with van der Waals surface area (Å²) in [6, 6.07) is 3.68. The second-order valence-corrected chi connectivity index (χ2v) is 4.74. The average molecular weight is 267 g/mol. The summed E-state index contributed by atoms with van der Waals surface area (Å²) in [6.45, 7) is 8.25. The normalized spacial score (nSPS) is 11.6. The van der Waals surface area contributed by atoms with E-state index in [9.17, 15) is 0 Å². The number of benzene rings is 1. The number of likely N-dealkylation sites (N-methyl/N-ethyl adjacent to an activating group) is 1. The molecule has 0 bridgehead atoms. The Labute approximate surface area is 112 Å². The van der Waals surface area contributed by atoms with Gasteiger partial charge in [0.2, 0.25) is 0 Å². The van der Waals surface area contributed by atoms with Crippen molar-refractivity contribution in [3.8, 4) is 0 Å². The van der Waals surface area contributed by atoms with Crippen LogP contribution in [0, 0.1) is 0 Å².